The molecule has 0 radical (unpaired) electrons. The number of hydrogen-bond donors (Lipinski definition) is 1. The molecule has 6 heteroatoms. The summed E-state index contributed by atoms with van der Waals surface area (Å²) < 4.78 is 18.6. The van der Waals surface area contributed by atoms with Gasteiger partial charge in [-0.1, -0.05) is 26.8 Å². The van der Waals surface area contributed by atoms with Crippen molar-refractivity contribution < 1.29 is 19.0 Å². The van der Waals surface area contributed by atoms with Crippen molar-refractivity contribution in [1.82, 2.24) is 4.98 Å². The molecule has 1 unspecified atom stereocenters. The summed E-state index contributed by atoms with van der Waals surface area (Å²) in [6.45, 7) is 15.2. The minimum atomic E-state index is -1.99. The van der Waals surface area contributed by atoms with E-state index < -0.39 is 8.32 Å². The van der Waals surface area contributed by atoms with Gasteiger partial charge in [0.25, 0.3) is 0 Å². The minimum absolute atomic E-state index is 0.0780. The first-order valence-electron chi connectivity index (χ1n) is 13.8. The van der Waals surface area contributed by atoms with Gasteiger partial charge in [0.05, 0.1) is 19.3 Å². The van der Waals surface area contributed by atoms with Gasteiger partial charge >= 0.3 is 0 Å². The molecule has 4 aliphatic rings. The van der Waals surface area contributed by atoms with Crippen LogP contribution in [0.1, 0.15) is 93.8 Å². The Labute approximate surface area is 212 Å². The molecule has 1 spiro atoms. The maximum Gasteiger partial charge on any atom is 0.192 e. The van der Waals surface area contributed by atoms with Crippen molar-refractivity contribution in [2.75, 3.05) is 33.0 Å². The zero-order chi connectivity index (χ0) is 24.8. The van der Waals surface area contributed by atoms with Gasteiger partial charge in [-0.3, -0.25) is 4.98 Å². The number of aliphatic hydroxyl groups is 1. The molecule has 1 saturated carbocycles. The number of rotatable bonds is 5. The van der Waals surface area contributed by atoms with Crippen molar-refractivity contribution >= 4 is 13.9 Å². The molecule has 35 heavy (non-hydrogen) atoms. The van der Waals surface area contributed by atoms with Crippen molar-refractivity contribution in [2.45, 2.75) is 95.9 Å². The van der Waals surface area contributed by atoms with Gasteiger partial charge in [-0.2, -0.15) is 0 Å². The van der Waals surface area contributed by atoms with E-state index in [1.54, 1.807) is 0 Å². The number of fused-ring (bicyclic) bond motifs is 1. The molecule has 0 amide bonds. The smallest absolute Gasteiger partial charge is 0.192 e. The van der Waals surface area contributed by atoms with Gasteiger partial charge in [-0.05, 0) is 91.6 Å². The Hall–Kier alpha value is -1.05. The third-order valence-electron chi connectivity index (χ3n) is 9.53. The molecule has 1 aromatic heterocycles. The Bertz CT molecular complexity index is 954. The molecule has 0 aromatic carbocycles. The third kappa shape index (κ3) is 5.06. The summed E-state index contributed by atoms with van der Waals surface area (Å²) in [5, 5.41) is 9.96. The molecule has 1 saturated heterocycles. The summed E-state index contributed by atoms with van der Waals surface area (Å²) in [4.78, 5) is 5.42. The van der Waals surface area contributed by atoms with Crippen LogP contribution < -0.4 is 0 Å². The van der Waals surface area contributed by atoms with Gasteiger partial charge in [-0.15, -0.1) is 0 Å². The molecular weight excluding hydrogens is 454 g/mol. The maximum atomic E-state index is 9.81. The molecular formula is C29H45NO4Si. The number of aliphatic hydroxyl groups excluding tert-OH is 1. The van der Waals surface area contributed by atoms with Crippen LogP contribution in [0.5, 0.6) is 0 Å². The summed E-state index contributed by atoms with van der Waals surface area (Å²) in [7, 11) is -1.99. The van der Waals surface area contributed by atoms with E-state index in [2.05, 4.69) is 46.0 Å². The Morgan fingerprint density at radius 1 is 1.11 bits per heavy atom. The summed E-state index contributed by atoms with van der Waals surface area (Å²) in [6.07, 6.45) is 9.67. The van der Waals surface area contributed by atoms with Crippen molar-refractivity contribution in [1.29, 1.82) is 0 Å². The molecule has 1 aromatic rings. The molecule has 3 heterocycles. The fourth-order valence-corrected chi connectivity index (χ4v) is 7.79. The van der Waals surface area contributed by atoms with Crippen LogP contribution in [-0.2, 0) is 20.3 Å². The average molecular weight is 500 g/mol. The normalized spacial score (nSPS) is 30.1. The predicted molar refractivity (Wildman–Crippen MR) is 142 cm³/mol. The lowest BCUT2D eigenvalue weighted by Gasteiger charge is -2.53. The lowest BCUT2D eigenvalue weighted by molar-refractivity contribution is -0.0321. The highest BCUT2D eigenvalue weighted by molar-refractivity contribution is 6.74. The van der Waals surface area contributed by atoms with Crippen LogP contribution in [0.2, 0.25) is 18.1 Å². The predicted octanol–water partition coefficient (Wildman–Crippen LogP) is 6.18. The first kappa shape index (κ1) is 25.6. The molecule has 2 aliphatic carbocycles. The van der Waals surface area contributed by atoms with Crippen LogP contribution in [0.25, 0.3) is 5.57 Å². The molecule has 1 N–H and O–H groups in total. The lowest BCUT2D eigenvalue weighted by Crippen LogP contribution is -2.48. The summed E-state index contributed by atoms with van der Waals surface area (Å²) in [6, 6.07) is 2.41. The molecule has 5 nitrogen and oxygen atoms in total. The molecule has 2 aliphatic heterocycles. The second kappa shape index (κ2) is 9.68. The van der Waals surface area contributed by atoms with E-state index in [1.807, 2.05) is 0 Å². The van der Waals surface area contributed by atoms with Crippen LogP contribution in [-0.4, -0.2) is 51.4 Å². The van der Waals surface area contributed by atoms with Crippen molar-refractivity contribution in [3.63, 3.8) is 0 Å². The second-order valence-electron chi connectivity index (χ2n) is 13.1. The summed E-state index contributed by atoms with van der Waals surface area (Å²) in [5.74, 6) is 0.902. The summed E-state index contributed by atoms with van der Waals surface area (Å²) >= 11 is 0. The Morgan fingerprint density at radius 3 is 2.49 bits per heavy atom. The monoisotopic (exact) mass is 499 g/mol. The van der Waals surface area contributed by atoms with E-state index in [4.69, 9.17) is 18.9 Å². The van der Waals surface area contributed by atoms with Gasteiger partial charge < -0.3 is 19.0 Å². The van der Waals surface area contributed by atoms with Crippen LogP contribution in [0.15, 0.2) is 12.1 Å². The van der Waals surface area contributed by atoms with Gasteiger partial charge in [-0.25, -0.2) is 0 Å². The number of ether oxygens (including phenoxy) is 2. The number of hydrogen-bond acceptors (Lipinski definition) is 5. The van der Waals surface area contributed by atoms with Gasteiger partial charge in [0.2, 0.25) is 0 Å². The highest BCUT2D eigenvalue weighted by Crippen LogP contribution is 2.58. The molecule has 194 valence electrons. The Balaban J connectivity index is 1.61. The van der Waals surface area contributed by atoms with Crippen LogP contribution in [0.4, 0.5) is 0 Å². The van der Waals surface area contributed by atoms with E-state index in [0.29, 0.717) is 25.0 Å². The Kier molecular flexibility index (Phi) is 7.08. The van der Waals surface area contributed by atoms with Gasteiger partial charge in [0.1, 0.15) is 0 Å². The SMILES string of the molecule is CC(C)(C)[Si](C)(C)OC1CC2(Cc3nc(C4CCOCC4)cc(C4=CCOCC4)c31)CC(CO)C2. The fraction of sp³-hybridized carbons (Fsp3) is 0.759. The van der Waals surface area contributed by atoms with E-state index in [0.717, 1.165) is 64.8 Å². The molecule has 2 fully saturated rings. The summed E-state index contributed by atoms with van der Waals surface area (Å²) in [5.41, 5.74) is 6.87. The Morgan fingerprint density at radius 2 is 1.86 bits per heavy atom. The molecule has 0 bridgehead atoms. The number of pyridine rings is 1. The van der Waals surface area contributed by atoms with Crippen LogP contribution >= 0.6 is 0 Å². The van der Waals surface area contributed by atoms with E-state index in [9.17, 15) is 5.11 Å². The minimum Gasteiger partial charge on any atom is -0.410 e. The van der Waals surface area contributed by atoms with E-state index in [-0.39, 0.29) is 16.6 Å². The first-order chi connectivity index (χ1) is 16.6. The zero-order valence-electron chi connectivity index (χ0n) is 22.5. The van der Waals surface area contributed by atoms with Crippen molar-refractivity contribution in [3.05, 3.63) is 34.7 Å². The largest absolute Gasteiger partial charge is 0.410 e. The van der Waals surface area contributed by atoms with Gasteiger partial charge in [0.15, 0.2) is 8.32 Å². The fourth-order valence-electron chi connectivity index (χ4n) is 6.52. The second-order valence-corrected chi connectivity index (χ2v) is 17.9. The average Bonchev–Trinajstić information content (AvgIpc) is 2.81. The maximum absolute atomic E-state index is 9.81. The molecule has 5 rings (SSSR count). The highest BCUT2D eigenvalue weighted by atomic mass is 28.4. The zero-order valence-corrected chi connectivity index (χ0v) is 23.5. The van der Waals surface area contributed by atoms with Gasteiger partial charge in [0, 0.05) is 42.7 Å². The van der Waals surface area contributed by atoms with Crippen molar-refractivity contribution in [2.24, 2.45) is 11.3 Å². The van der Waals surface area contributed by atoms with Crippen LogP contribution in [0.3, 0.4) is 0 Å². The van der Waals surface area contributed by atoms with Crippen LogP contribution in [0, 0.1) is 11.3 Å². The number of nitrogens with zero attached hydrogens (tertiary/aromatic N) is 1. The third-order valence-corrected chi connectivity index (χ3v) is 14.0. The molecule has 1 atom stereocenters. The lowest BCUT2D eigenvalue weighted by atomic mass is 9.55. The van der Waals surface area contributed by atoms with E-state index in [1.165, 1.54) is 28.1 Å². The first-order valence-corrected chi connectivity index (χ1v) is 16.7. The number of aromatic nitrogens is 1. The van der Waals surface area contributed by atoms with E-state index >= 15 is 0 Å². The van der Waals surface area contributed by atoms with Crippen molar-refractivity contribution in [3.8, 4) is 0 Å². The standard InChI is InChI=1S/C29H45NO4Si/c1-28(2,3)35(4,5)34-26-18-29(15-20(16-29)19-31)17-25-27(26)23(21-6-10-32-11-7-21)14-24(30-25)22-8-12-33-13-9-22/h6,14,20,22,26,31H,7-13,15-19H2,1-5H3. The highest BCUT2D eigenvalue weighted by Gasteiger charge is 2.51. The topological polar surface area (TPSA) is 60.8 Å². The quantitative estimate of drug-likeness (QED) is 0.490.